The average Bonchev–Trinajstić information content (AvgIpc) is 3.29. The zero-order chi connectivity index (χ0) is 28.3. The number of hydrogen-bond acceptors (Lipinski definition) is 7. The number of nitrogens with zero attached hydrogens (tertiary/aromatic N) is 1. The number of rotatable bonds is 14. The van der Waals surface area contributed by atoms with Gasteiger partial charge in [-0.25, -0.2) is 9.78 Å². The lowest BCUT2D eigenvalue weighted by molar-refractivity contribution is -0.0180. The summed E-state index contributed by atoms with van der Waals surface area (Å²) in [5, 5.41) is 11.1. The Hall–Kier alpha value is -2.26. The first kappa shape index (κ1) is 32.8. The third kappa shape index (κ3) is 10.2. The topological polar surface area (TPSA) is 91.0 Å². The van der Waals surface area contributed by atoms with Crippen LogP contribution in [0.5, 0.6) is 0 Å². The summed E-state index contributed by atoms with van der Waals surface area (Å²) in [7, 11) is 0.898. The van der Waals surface area contributed by atoms with E-state index in [1.807, 2.05) is 49.5 Å². The fraction of sp³-hybridized carbons (Fsp3) is 0.586. The number of esters is 1. The number of oxazole rings is 1. The molecule has 0 aliphatic heterocycles. The molecule has 0 aromatic carbocycles. The molecule has 0 saturated carbocycles. The molecule has 8 heteroatoms. The van der Waals surface area contributed by atoms with E-state index in [4.69, 9.17) is 13.6 Å². The maximum Gasteiger partial charge on any atom is 0.360 e. The smallest absolute Gasteiger partial charge is 0.360 e. The first-order chi connectivity index (χ1) is 17.2. The van der Waals surface area contributed by atoms with Gasteiger partial charge in [0.05, 0.1) is 31.8 Å². The van der Waals surface area contributed by atoms with E-state index in [-0.39, 0.29) is 22.9 Å². The molecule has 3 atom stereocenters. The van der Waals surface area contributed by atoms with Crippen molar-refractivity contribution in [2.24, 2.45) is 5.41 Å². The number of aliphatic hydroxyl groups excluding tert-OH is 1. The molecule has 0 radical (unpaired) electrons. The lowest BCUT2D eigenvalue weighted by Gasteiger charge is -2.44. The summed E-state index contributed by atoms with van der Waals surface area (Å²) < 4.78 is 22.1. The van der Waals surface area contributed by atoms with Crippen molar-refractivity contribution < 1.29 is 28.2 Å². The Bertz CT molecular complexity index is 952. The van der Waals surface area contributed by atoms with E-state index >= 15 is 0 Å². The number of aromatic nitrogens is 1. The third-order valence-corrected chi connectivity index (χ3v) is 11.4. The Kier molecular flexibility index (Phi) is 12.9. The van der Waals surface area contributed by atoms with E-state index in [1.165, 1.54) is 13.4 Å². The summed E-state index contributed by atoms with van der Waals surface area (Å²) in [6, 6.07) is 0. The predicted octanol–water partition coefficient (Wildman–Crippen LogP) is 6.43. The summed E-state index contributed by atoms with van der Waals surface area (Å²) in [5.41, 5.74) is -0.315. The van der Waals surface area contributed by atoms with Gasteiger partial charge in [0.25, 0.3) is 0 Å². The molecular weight excluding hydrogens is 486 g/mol. The summed E-state index contributed by atoms with van der Waals surface area (Å²) in [6.07, 6.45) is 16.7. The quantitative estimate of drug-likeness (QED) is 0.127. The second-order valence-corrected chi connectivity index (χ2v) is 15.9. The lowest BCUT2D eigenvalue weighted by atomic mass is 9.79. The van der Waals surface area contributed by atoms with Crippen molar-refractivity contribution in [2.75, 3.05) is 14.2 Å². The fourth-order valence-electron chi connectivity index (χ4n) is 3.21. The molecule has 0 bridgehead atoms. The summed E-state index contributed by atoms with van der Waals surface area (Å²) in [5.74, 6) is -0.144. The number of allylic oxidation sites excluding steroid dienone is 5. The maximum atomic E-state index is 11.5. The molecule has 208 valence electrons. The number of methoxy groups -OCH3 is 2. The average molecular weight is 534 g/mol. The minimum Gasteiger partial charge on any atom is -0.464 e. The van der Waals surface area contributed by atoms with E-state index in [1.54, 1.807) is 7.11 Å². The van der Waals surface area contributed by atoms with Crippen LogP contribution in [-0.4, -0.2) is 56.9 Å². The van der Waals surface area contributed by atoms with Crippen LogP contribution in [0.3, 0.4) is 0 Å². The van der Waals surface area contributed by atoms with Gasteiger partial charge < -0.3 is 23.4 Å². The van der Waals surface area contributed by atoms with Crippen molar-refractivity contribution in [3.63, 3.8) is 0 Å². The highest BCUT2D eigenvalue weighted by Gasteiger charge is 2.44. The second kappa shape index (κ2) is 14.6. The van der Waals surface area contributed by atoms with Gasteiger partial charge in [0, 0.05) is 12.5 Å². The van der Waals surface area contributed by atoms with Crippen LogP contribution in [-0.2, 0) is 20.3 Å². The van der Waals surface area contributed by atoms with E-state index in [9.17, 15) is 9.90 Å². The van der Waals surface area contributed by atoms with Crippen LogP contribution in [0.2, 0.25) is 18.1 Å². The van der Waals surface area contributed by atoms with Crippen molar-refractivity contribution in [1.82, 2.24) is 4.98 Å². The molecule has 7 nitrogen and oxygen atoms in total. The normalized spacial score (nSPS) is 16.3. The van der Waals surface area contributed by atoms with Crippen LogP contribution in [0.1, 0.15) is 64.3 Å². The largest absolute Gasteiger partial charge is 0.464 e. The van der Waals surface area contributed by atoms with Gasteiger partial charge in [-0.15, -0.1) is 0 Å². The highest BCUT2D eigenvalue weighted by molar-refractivity contribution is 6.74. The number of ether oxygens (including phenoxy) is 2. The summed E-state index contributed by atoms with van der Waals surface area (Å²) >= 11 is 0. The van der Waals surface area contributed by atoms with Gasteiger partial charge in [-0.05, 0) is 31.5 Å². The van der Waals surface area contributed by atoms with Crippen molar-refractivity contribution in [2.45, 2.75) is 90.8 Å². The van der Waals surface area contributed by atoms with Gasteiger partial charge in [-0.2, -0.15) is 0 Å². The molecule has 0 amide bonds. The molecule has 1 N–H and O–H groups in total. The zero-order valence-electron chi connectivity index (χ0n) is 24.3. The van der Waals surface area contributed by atoms with E-state index in [2.05, 4.69) is 63.5 Å². The standard InChI is InChI=1S/C29H47NO6Si/c1-11-17-25(36-37(9,10)28(2,3)4)29(5,6)24(31)19-16-14-12-13-15-18-22(33-7)20-26-30-23(21-35-26)27(32)34-8/h11-18,21-22,24-25,31H,19-20H2,1-10H3/b13-12-,16-14-,17-11+,18-15+/t22-,24-,25-/m0/s1. The Morgan fingerprint density at radius 1 is 1.11 bits per heavy atom. The highest BCUT2D eigenvalue weighted by atomic mass is 28.4. The molecule has 1 aromatic rings. The zero-order valence-corrected chi connectivity index (χ0v) is 25.3. The molecule has 0 spiro atoms. The van der Waals surface area contributed by atoms with Gasteiger partial charge in [-0.1, -0.05) is 83.2 Å². The van der Waals surface area contributed by atoms with Crippen LogP contribution in [0, 0.1) is 5.41 Å². The van der Waals surface area contributed by atoms with Crippen molar-refractivity contribution in [3.05, 3.63) is 66.5 Å². The number of aliphatic hydroxyl groups is 1. The number of carbonyl (C=O) groups excluding carboxylic acids is 1. The molecule has 0 aliphatic carbocycles. The van der Waals surface area contributed by atoms with Gasteiger partial charge >= 0.3 is 5.97 Å². The van der Waals surface area contributed by atoms with E-state index in [0.29, 0.717) is 18.7 Å². The molecule has 0 fully saturated rings. The maximum absolute atomic E-state index is 11.5. The first-order valence-corrected chi connectivity index (χ1v) is 15.6. The van der Waals surface area contributed by atoms with Crippen LogP contribution in [0.25, 0.3) is 0 Å². The molecular formula is C29H47NO6Si. The minimum absolute atomic E-state index is 0.0916. The first-order valence-electron chi connectivity index (χ1n) is 12.7. The van der Waals surface area contributed by atoms with Crippen LogP contribution < -0.4 is 0 Å². The molecule has 0 aliphatic rings. The van der Waals surface area contributed by atoms with E-state index in [0.717, 1.165) is 0 Å². The van der Waals surface area contributed by atoms with Crippen LogP contribution >= 0.6 is 0 Å². The van der Waals surface area contributed by atoms with Crippen molar-refractivity contribution in [1.29, 1.82) is 0 Å². The van der Waals surface area contributed by atoms with Gasteiger partial charge in [0.15, 0.2) is 19.9 Å². The Balaban J connectivity index is 2.69. The van der Waals surface area contributed by atoms with Crippen LogP contribution in [0.15, 0.2) is 59.3 Å². The Morgan fingerprint density at radius 2 is 1.76 bits per heavy atom. The molecule has 37 heavy (non-hydrogen) atoms. The van der Waals surface area contributed by atoms with Gasteiger partial charge in [-0.3, -0.25) is 0 Å². The van der Waals surface area contributed by atoms with Gasteiger partial charge in [0.2, 0.25) is 0 Å². The fourth-order valence-corrected chi connectivity index (χ4v) is 4.58. The third-order valence-electron chi connectivity index (χ3n) is 6.97. The molecule has 1 aromatic heterocycles. The number of hydrogen-bond donors (Lipinski definition) is 1. The van der Waals surface area contributed by atoms with Crippen LogP contribution in [0.4, 0.5) is 0 Å². The minimum atomic E-state index is -2.00. The molecule has 1 heterocycles. The summed E-state index contributed by atoms with van der Waals surface area (Å²) in [4.78, 5) is 15.6. The monoisotopic (exact) mass is 533 g/mol. The van der Waals surface area contributed by atoms with Crippen molar-refractivity contribution in [3.8, 4) is 0 Å². The Morgan fingerprint density at radius 3 is 2.32 bits per heavy atom. The SMILES string of the molecule is C/C=C/[C@H](O[Si](C)(C)C(C)(C)C)C(C)(C)[C@@H](O)C\C=C/C=C\C=C\[C@@H](Cc1nc(C(=O)OC)co1)OC. The van der Waals surface area contributed by atoms with Gasteiger partial charge in [0.1, 0.15) is 6.26 Å². The van der Waals surface area contributed by atoms with Crippen molar-refractivity contribution >= 4 is 14.3 Å². The molecule has 1 rings (SSSR count). The predicted molar refractivity (Wildman–Crippen MR) is 151 cm³/mol. The summed E-state index contributed by atoms with van der Waals surface area (Å²) in [6.45, 7) is 17.3. The number of carbonyl (C=O) groups is 1. The lowest BCUT2D eigenvalue weighted by Crippen LogP contribution is -2.50. The Labute approximate surface area is 224 Å². The second-order valence-electron chi connectivity index (χ2n) is 11.2. The highest BCUT2D eigenvalue weighted by Crippen LogP contribution is 2.41. The van der Waals surface area contributed by atoms with E-state index < -0.39 is 25.8 Å². The molecule has 0 saturated heterocycles. The molecule has 0 unspecified atom stereocenters.